The van der Waals surface area contributed by atoms with Gasteiger partial charge in [-0.3, -0.25) is 0 Å². The average Bonchev–Trinajstić information content (AvgIpc) is 2.58. The molecule has 1 aliphatic rings. The third-order valence-electron chi connectivity index (χ3n) is 2.96. The van der Waals surface area contributed by atoms with E-state index in [1.807, 2.05) is 34.9 Å². The first kappa shape index (κ1) is 14.3. The smallest absolute Gasteiger partial charge is 0.410 e. The lowest BCUT2D eigenvalue weighted by atomic mass is 10.2. The topological polar surface area (TPSA) is 53.0 Å². The Morgan fingerprint density at radius 3 is 2.47 bits per heavy atom. The van der Waals surface area contributed by atoms with E-state index in [2.05, 4.69) is 4.90 Å². The first-order valence-electron chi connectivity index (χ1n) is 6.01. The van der Waals surface area contributed by atoms with E-state index in [0.717, 1.165) is 6.42 Å². The number of hydrogen-bond donors (Lipinski definition) is 1. The molecule has 0 aliphatic carbocycles. The maximum Gasteiger partial charge on any atom is 0.410 e. The molecule has 0 bridgehead atoms. The molecule has 1 N–H and O–H groups in total. The molecule has 1 fully saturated rings. The van der Waals surface area contributed by atoms with Crippen molar-refractivity contribution in [2.75, 3.05) is 27.2 Å². The second-order valence-electron chi connectivity index (χ2n) is 5.82. The molecule has 5 heteroatoms. The Balaban J connectivity index is 2.66. The van der Waals surface area contributed by atoms with Gasteiger partial charge >= 0.3 is 6.09 Å². The van der Waals surface area contributed by atoms with Crippen LogP contribution in [0.3, 0.4) is 0 Å². The highest BCUT2D eigenvalue weighted by Gasteiger charge is 2.37. The van der Waals surface area contributed by atoms with Crippen LogP contribution in [0.15, 0.2) is 0 Å². The highest BCUT2D eigenvalue weighted by Crippen LogP contribution is 2.23. The summed E-state index contributed by atoms with van der Waals surface area (Å²) in [7, 11) is 3.97. The summed E-state index contributed by atoms with van der Waals surface area (Å²) in [6, 6.07) is 0.164. The number of likely N-dealkylation sites (N-methyl/N-ethyl adjacent to an activating group) is 1. The molecule has 0 aromatic rings. The largest absolute Gasteiger partial charge is 0.444 e. The molecule has 100 valence electrons. The molecule has 2 atom stereocenters. The number of carbonyl (C=O) groups excluding carboxylic acids is 1. The summed E-state index contributed by atoms with van der Waals surface area (Å²) in [5.74, 6) is 0. The number of ether oxygens (including phenoxy) is 1. The average molecular weight is 244 g/mol. The van der Waals surface area contributed by atoms with Crippen molar-refractivity contribution in [3.63, 3.8) is 0 Å². The van der Waals surface area contributed by atoms with Crippen molar-refractivity contribution in [1.82, 2.24) is 9.80 Å². The van der Waals surface area contributed by atoms with Gasteiger partial charge in [0.1, 0.15) is 5.60 Å². The zero-order valence-corrected chi connectivity index (χ0v) is 11.4. The lowest BCUT2D eigenvalue weighted by Gasteiger charge is -2.27. The number of aliphatic hydroxyl groups is 1. The van der Waals surface area contributed by atoms with Crippen LogP contribution in [0.2, 0.25) is 0 Å². The Hall–Kier alpha value is -0.810. The van der Waals surface area contributed by atoms with Crippen LogP contribution in [-0.2, 0) is 4.74 Å². The summed E-state index contributed by atoms with van der Waals surface area (Å²) in [6.45, 7) is 6.14. The van der Waals surface area contributed by atoms with Crippen molar-refractivity contribution in [3.8, 4) is 0 Å². The maximum absolute atomic E-state index is 12.0. The highest BCUT2D eigenvalue weighted by molar-refractivity contribution is 5.69. The Morgan fingerprint density at radius 2 is 2.06 bits per heavy atom. The fourth-order valence-corrected chi connectivity index (χ4v) is 1.98. The van der Waals surface area contributed by atoms with E-state index in [-0.39, 0.29) is 18.7 Å². The monoisotopic (exact) mass is 244 g/mol. The highest BCUT2D eigenvalue weighted by atomic mass is 16.6. The molecular formula is C12H24N2O3. The first-order valence-corrected chi connectivity index (χ1v) is 6.01. The van der Waals surface area contributed by atoms with Crippen LogP contribution >= 0.6 is 0 Å². The summed E-state index contributed by atoms with van der Waals surface area (Å²) in [6.07, 6.45) is 0.462. The van der Waals surface area contributed by atoms with E-state index in [9.17, 15) is 9.90 Å². The Labute approximate surface area is 103 Å². The molecule has 5 nitrogen and oxygen atoms in total. The van der Waals surface area contributed by atoms with Gasteiger partial charge in [0.15, 0.2) is 0 Å². The van der Waals surface area contributed by atoms with Crippen LogP contribution < -0.4 is 0 Å². The number of amides is 1. The molecule has 2 unspecified atom stereocenters. The Bertz CT molecular complexity index is 273. The van der Waals surface area contributed by atoms with Gasteiger partial charge in [-0.1, -0.05) is 0 Å². The predicted octanol–water partition coefficient (Wildman–Crippen LogP) is 0.918. The first-order chi connectivity index (χ1) is 7.74. The molecule has 0 saturated carbocycles. The third-order valence-corrected chi connectivity index (χ3v) is 2.96. The quantitative estimate of drug-likeness (QED) is 0.785. The van der Waals surface area contributed by atoms with Gasteiger partial charge in [0, 0.05) is 12.6 Å². The molecule has 1 rings (SSSR count). The summed E-state index contributed by atoms with van der Waals surface area (Å²) >= 11 is 0. The number of nitrogens with zero attached hydrogens (tertiary/aromatic N) is 2. The summed E-state index contributed by atoms with van der Waals surface area (Å²) in [4.78, 5) is 15.7. The van der Waals surface area contributed by atoms with Gasteiger partial charge in [-0.25, -0.2) is 4.79 Å². The predicted molar refractivity (Wildman–Crippen MR) is 65.9 cm³/mol. The number of aliphatic hydroxyl groups excluding tert-OH is 1. The molecule has 1 aliphatic heterocycles. The molecule has 0 spiro atoms. The van der Waals surface area contributed by atoms with E-state index in [1.54, 1.807) is 4.90 Å². The van der Waals surface area contributed by atoms with Crippen LogP contribution in [-0.4, -0.2) is 65.9 Å². The standard InChI is InChI=1S/C12H24N2O3/c1-12(2,3)17-11(16)14-7-9(13(4)5)6-10(14)8-15/h9-10,15H,6-8H2,1-5H3. The summed E-state index contributed by atoms with van der Waals surface area (Å²) in [5.41, 5.74) is -0.493. The minimum atomic E-state index is -0.493. The van der Waals surface area contributed by atoms with Crippen LogP contribution in [0.4, 0.5) is 4.79 Å². The molecule has 17 heavy (non-hydrogen) atoms. The third kappa shape index (κ3) is 3.85. The van der Waals surface area contributed by atoms with Crippen molar-refractivity contribution in [2.45, 2.75) is 44.9 Å². The SMILES string of the molecule is CN(C)C1CC(CO)N(C(=O)OC(C)(C)C)C1. The van der Waals surface area contributed by atoms with Crippen LogP contribution in [0.5, 0.6) is 0 Å². The van der Waals surface area contributed by atoms with Gasteiger partial charge in [-0.05, 0) is 41.3 Å². The van der Waals surface area contributed by atoms with Gasteiger partial charge in [-0.15, -0.1) is 0 Å². The van der Waals surface area contributed by atoms with E-state index >= 15 is 0 Å². The second-order valence-corrected chi connectivity index (χ2v) is 5.82. The second kappa shape index (κ2) is 5.23. The molecule has 1 heterocycles. The molecule has 0 radical (unpaired) electrons. The van der Waals surface area contributed by atoms with Gasteiger partial charge < -0.3 is 19.6 Å². The molecule has 1 amide bonds. The molecule has 0 aromatic carbocycles. The van der Waals surface area contributed by atoms with E-state index in [0.29, 0.717) is 12.6 Å². The van der Waals surface area contributed by atoms with Crippen LogP contribution in [0.1, 0.15) is 27.2 Å². The van der Waals surface area contributed by atoms with E-state index in [1.165, 1.54) is 0 Å². The fraction of sp³-hybridized carbons (Fsp3) is 0.917. The van der Waals surface area contributed by atoms with Gasteiger partial charge in [-0.2, -0.15) is 0 Å². The zero-order valence-electron chi connectivity index (χ0n) is 11.4. The lowest BCUT2D eigenvalue weighted by molar-refractivity contribution is 0.0170. The molecular weight excluding hydrogens is 220 g/mol. The van der Waals surface area contributed by atoms with E-state index in [4.69, 9.17) is 4.74 Å². The van der Waals surface area contributed by atoms with Gasteiger partial charge in [0.25, 0.3) is 0 Å². The van der Waals surface area contributed by atoms with Gasteiger partial charge in [0.2, 0.25) is 0 Å². The fourth-order valence-electron chi connectivity index (χ4n) is 1.98. The minimum absolute atomic E-state index is 0.0103. The van der Waals surface area contributed by atoms with Crippen molar-refractivity contribution in [1.29, 1.82) is 0 Å². The lowest BCUT2D eigenvalue weighted by Crippen LogP contribution is -2.42. The van der Waals surface area contributed by atoms with Crippen molar-refractivity contribution >= 4 is 6.09 Å². The van der Waals surface area contributed by atoms with Gasteiger partial charge in [0.05, 0.1) is 12.6 Å². The van der Waals surface area contributed by atoms with Crippen molar-refractivity contribution < 1.29 is 14.6 Å². The number of likely N-dealkylation sites (tertiary alicyclic amines) is 1. The zero-order chi connectivity index (χ0) is 13.2. The van der Waals surface area contributed by atoms with Crippen LogP contribution in [0, 0.1) is 0 Å². The Morgan fingerprint density at radius 1 is 1.47 bits per heavy atom. The van der Waals surface area contributed by atoms with Crippen molar-refractivity contribution in [3.05, 3.63) is 0 Å². The van der Waals surface area contributed by atoms with Crippen molar-refractivity contribution in [2.24, 2.45) is 0 Å². The number of hydrogen-bond acceptors (Lipinski definition) is 4. The minimum Gasteiger partial charge on any atom is -0.444 e. The number of carbonyl (C=O) groups is 1. The van der Waals surface area contributed by atoms with Crippen LogP contribution in [0.25, 0.3) is 0 Å². The summed E-state index contributed by atoms with van der Waals surface area (Å²) in [5, 5.41) is 9.32. The maximum atomic E-state index is 12.0. The van der Waals surface area contributed by atoms with E-state index < -0.39 is 5.60 Å². The molecule has 0 aromatic heterocycles. The summed E-state index contributed by atoms with van der Waals surface area (Å²) < 4.78 is 5.34. The number of rotatable bonds is 2. The normalized spacial score (nSPS) is 25.5. The Kier molecular flexibility index (Phi) is 4.38. The molecule has 1 saturated heterocycles.